The average Bonchev–Trinajstić information content (AvgIpc) is 2.34. The maximum atomic E-state index is 11.6. The van der Waals surface area contributed by atoms with E-state index in [9.17, 15) is 4.79 Å². The summed E-state index contributed by atoms with van der Waals surface area (Å²) in [4.78, 5) is 11.6. The lowest BCUT2D eigenvalue weighted by molar-refractivity contribution is -0.121. The molecule has 0 aromatic heterocycles. The number of nitrogens with two attached hydrogens (primary N) is 1. The van der Waals surface area contributed by atoms with Crippen LogP contribution >= 0.6 is 0 Å². The van der Waals surface area contributed by atoms with Crippen LogP contribution in [0.25, 0.3) is 0 Å². The van der Waals surface area contributed by atoms with Crippen LogP contribution in [0.15, 0.2) is 5.16 Å². The smallest absolute Gasteiger partial charge is 0.220 e. The third kappa shape index (κ3) is 7.60. The molecule has 0 aliphatic carbocycles. The fourth-order valence-electron chi connectivity index (χ4n) is 1.61. The van der Waals surface area contributed by atoms with Crippen LogP contribution in [0, 0.1) is 0 Å². The quantitative estimate of drug-likeness (QED) is 0.190. The highest BCUT2D eigenvalue weighted by Gasteiger charge is 2.14. The van der Waals surface area contributed by atoms with Gasteiger partial charge in [0, 0.05) is 6.42 Å². The summed E-state index contributed by atoms with van der Waals surface area (Å²) < 4.78 is 0. The number of nitrogens with zero attached hydrogens (tertiary/aromatic N) is 1. The molecular formula is C12H25N3O2. The van der Waals surface area contributed by atoms with Gasteiger partial charge in [0.15, 0.2) is 5.84 Å². The molecule has 0 aliphatic heterocycles. The van der Waals surface area contributed by atoms with Crippen molar-refractivity contribution in [2.45, 2.75) is 64.8 Å². The fourth-order valence-corrected chi connectivity index (χ4v) is 1.61. The number of carbonyl (C=O) groups is 1. The number of amidine groups is 1. The molecule has 4 N–H and O–H groups in total. The summed E-state index contributed by atoms with van der Waals surface area (Å²) in [6, 6.07) is -0.358. The molecule has 0 radical (unpaired) electrons. The highest BCUT2D eigenvalue weighted by molar-refractivity contribution is 5.89. The Morgan fingerprint density at radius 3 is 2.47 bits per heavy atom. The Hall–Kier alpha value is -1.26. The minimum atomic E-state index is -0.358. The molecule has 0 rings (SSSR count). The molecule has 0 saturated heterocycles. The van der Waals surface area contributed by atoms with Gasteiger partial charge in [-0.3, -0.25) is 4.79 Å². The van der Waals surface area contributed by atoms with Crippen LogP contribution < -0.4 is 11.1 Å². The maximum Gasteiger partial charge on any atom is 0.220 e. The third-order valence-electron chi connectivity index (χ3n) is 2.72. The zero-order chi connectivity index (χ0) is 13.1. The van der Waals surface area contributed by atoms with Crippen LogP contribution in [0.5, 0.6) is 0 Å². The monoisotopic (exact) mass is 243 g/mol. The van der Waals surface area contributed by atoms with Gasteiger partial charge in [-0.05, 0) is 12.8 Å². The Morgan fingerprint density at radius 1 is 1.29 bits per heavy atom. The van der Waals surface area contributed by atoms with Gasteiger partial charge in [-0.25, -0.2) is 0 Å². The van der Waals surface area contributed by atoms with E-state index in [0.29, 0.717) is 12.8 Å². The van der Waals surface area contributed by atoms with Gasteiger partial charge in [0.1, 0.15) is 0 Å². The first-order valence-electron chi connectivity index (χ1n) is 6.42. The van der Waals surface area contributed by atoms with Crippen molar-refractivity contribution in [1.82, 2.24) is 5.32 Å². The van der Waals surface area contributed by atoms with Crippen molar-refractivity contribution < 1.29 is 10.0 Å². The number of nitrogens with one attached hydrogen (secondary N) is 1. The molecule has 0 spiro atoms. The zero-order valence-electron chi connectivity index (χ0n) is 10.9. The van der Waals surface area contributed by atoms with E-state index in [1.165, 1.54) is 19.3 Å². The highest BCUT2D eigenvalue weighted by atomic mass is 16.4. The fraction of sp³-hybridized carbons (Fsp3) is 0.833. The number of rotatable bonds is 9. The molecule has 100 valence electrons. The van der Waals surface area contributed by atoms with Crippen LogP contribution in [0.4, 0.5) is 0 Å². The molecule has 1 unspecified atom stereocenters. The second-order valence-corrected chi connectivity index (χ2v) is 4.22. The molecule has 0 heterocycles. The Labute approximate surface area is 103 Å². The molecule has 1 amide bonds. The summed E-state index contributed by atoms with van der Waals surface area (Å²) in [6.07, 6.45) is 6.73. The lowest BCUT2D eigenvalue weighted by Crippen LogP contribution is -2.44. The highest BCUT2D eigenvalue weighted by Crippen LogP contribution is 2.05. The van der Waals surface area contributed by atoms with Crippen molar-refractivity contribution in [2.75, 3.05) is 0 Å². The molecule has 0 aliphatic rings. The van der Waals surface area contributed by atoms with Crippen LogP contribution in [-0.4, -0.2) is 23.0 Å². The Kier molecular flexibility index (Phi) is 9.19. The van der Waals surface area contributed by atoms with Gasteiger partial charge in [-0.15, -0.1) is 0 Å². The van der Waals surface area contributed by atoms with E-state index in [1.807, 2.05) is 6.92 Å². The van der Waals surface area contributed by atoms with Gasteiger partial charge in [-0.2, -0.15) is 0 Å². The van der Waals surface area contributed by atoms with E-state index in [2.05, 4.69) is 17.4 Å². The summed E-state index contributed by atoms with van der Waals surface area (Å²) in [5, 5.41) is 14.2. The predicted octanol–water partition coefficient (Wildman–Crippen LogP) is 1.99. The van der Waals surface area contributed by atoms with E-state index in [4.69, 9.17) is 10.9 Å². The van der Waals surface area contributed by atoms with Crippen molar-refractivity contribution in [1.29, 1.82) is 0 Å². The topological polar surface area (TPSA) is 87.7 Å². The van der Waals surface area contributed by atoms with Crippen molar-refractivity contribution >= 4 is 11.7 Å². The third-order valence-corrected chi connectivity index (χ3v) is 2.72. The standard InChI is InChI=1S/C12H25N3O2/c1-3-5-6-7-8-9-11(16)14-10(4-2)12(13)15-17/h10,17H,3-9H2,1-2H3,(H2,13,15)(H,14,16). The summed E-state index contributed by atoms with van der Waals surface area (Å²) in [7, 11) is 0. The Morgan fingerprint density at radius 2 is 1.94 bits per heavy atom. The Balaban J connectivity index is 3.76. The average molecular weight is 243 g/mol. The van der Waals surface area contributed by atoms with Gasteiger partial charge in [0.2, 0.25) is 5.91 Å². The molecule has 0 bridgehead atoms. The number of carbonyl (C=O) groups excluding carboxylic acids is 1. The summed E-state index contributed by atoms with van der Waals surface area (Å²) in [6.45, 7) is 4.04. The first-order valence-corrected chi connectivity index (χ1v) is 6.42. The van der Waals surface area contributed by atoms with Gasteiger partial charge in [0.25, 0.3) is 0 Å². The van der Waals surface area contributed by atoms with Crippen LogP contribution in [0.1, 0.15) is 58.8 Å². The SMILES string of the molecule is CCCCCCCC(=O)NC(CC)/C(N)=N/O. The molecule has 0 aromatic carbocycles. The van der Waals surface area contributed by atoms with Crippen LogP contribution in [-0.2, 0) is 4.79 Å². The molecule has 0 saturated carbocycles. The minimum Gasteiger partial charge on any atom is -0.409 e. The zero-order valence-corrected chi connectivity index (χ0v) is 10.9. The summed E-state index contributed by atoms with van der Waals surface area (Å²) >= 11 is 0. The lowest BCUT2D eigenvalue weighted by atomic mass is 10.1. The number of amides is 1. The second-order valence-electron chi connectivity index (χ2n) is 4.22. The molecule has 5 nitrogen and oxygen atoms in total. The van der Waals surface area contributed by atoms with Gasteiger partial charge >= 0.3 is 0 Å². The largest absolute Gasteiger partial charge is 0.409 e. The molecule has 5 heteroatoms. The van der Waals surface area contributed by atoms with Crippen LogP contribution in [0.2, 0.25) is 0 Å². The molecule has 0 aromatic rings. The van der Waals surface area contributed by atoms with E-state index in [-0.39, 0.29) is 17.8 Å². The summed E-state index contributed by atoms with van der Waals surface area (Å²) in [5.41, 5.74) is 5.46. The molecule has 17 heavy (non-hydrogen) atoms. The first kappa shape index (κ1) is 15.7. The lowest BCUT2D eigenvalue weighted by Gasteiger charge is -2.15. The van der Waals surface area contributed by atoms with Crippen molar-refractivity contribution in [3.63, 3.8) is 0 Å². The van der Waals surface area contributed by atoms with E-state index in [0.717, 1.165) is 12.8 Å². The van der Waals surface area contributed by atoms with E-state index < -0.39 is 0 Å². The first-order chi connectivity index (χ1) is 8.15. The number of hydrogen-bond donors (Lipinski definition) is 3. The number of unbranched alkanes of at least 4 members (excludes halogenated alkanes) is 4. The normalized spacial score (nSPS) is 13.4. The van der Waals surface area contributed by atoms with Crippen molar-refractivity contribution in [3.8, 4) is 0 Å². The molecular weight excluding hydrogens is 218 g/mol. The van der Waals surface area contributed by atoms with Gasteiger partial charge < -0.3 is 16.3 Å². The Bertz CT molecular complexity index is 242. The molecule has 1 atom stereocenters. The van der Waals surface area contributed by atoms with Crippen molar-refractivity contribution in [3.05, 3.63) is 0 Å². The minimum absolute atomic E-state index is 0.0278. The van der Waals surface area contributed by atoms with E-state index >= 15 is 0 Å². The van der Waals surface area contributed by atoms with Crippen molar-refractivity contribution in [2.24, 2.45) is 10.9 Å². The number of oxime groups is 1. The second kappa shape index (κ2) is 9.93. The maximum absolute atomic E-state index is 11.6. The summed E-state index contributed by atoms with van der Waals surface area (Å²) in [5.74, 6) is 0.0341. The van der Waals surface area contributed by atoms with E-state index in [1.54, 1.807) is 0 Å². The molecule has 0 fully saturated rings. The van der Waals surface area contributed by atoms with Gasteiger partial charge in [-0.1, -0.05) is 44.7 Å². The van der Waals surface area contributed by atoms with Crippen LogP contribution in [0.3, 0.4) is 0 Å². The predicted molar refractivity (Wildman–Crippen MR) is 69.0 cm³/mol. The van der Waals surface area contributed by atoms with Gasteiger partial charge in [0.05, 0.1) is 6.04 Å². The number of hydrogen-bond acceptors (Lipinski definition) is 3.